The summed E-state index contributed by atoms with van der Waals surface area (Å²) in [5.41, 5.74) is 0.264. The molecule has 0 unspecified atom stereocenters. The summed E-state index contributed by atoms with van der Waals surface area (Å²) in [5.74, 6) is 1.15. The molecule has 0 bridgehead atoms. The van der Waals surface area contributed by atoms with Gasteiger partial charge in [-0.25, -0.2) is 0 Å². The molecule has 5 heteroatoms. The van der Waals surface area contributed by atoms with Crippen LogP contribution < -0.4 is 4.74 Å². The van der Waals surface area contributed by atoms with E-state index in [4.69, 9.17) is 4.74 Å². The zero-order chi connectivity index (χ0) is 18.4. The number of para-hydroxylation sites is 1. The fourth-order valence-corrected chi connectivity index (χ4v) is 4.24. The second-order valence-electron chi connectivity index (χ2n) is 7.98. The number of nitrogens with zero attached hydrogens (tertiary/aromatic N) is 2. The van der Waals surface area contributed by atoms with Crippen LogP contribution in [0.4, 0.5) is 0 Å². The highest BCUT2D eigenvalue weighted by atomic mass is 16.5. The number of likely N-dealkylation sites (tertiary alicyclic amines) is 2. The molecule has 2 saturated heterocycles. The second kappa shape index (κ2) is 8.87. The Balaban J connectivity index is 1.39. The van der Waals surface area contributed by atoms with E-state index in [1.165, 1.54) is 0 Å². The summed E-state index contributed by atoms with van der Waals surface area (Å²) in [6.45, 7) is 7.07. The summed E-state index contributed by atoms with van der Waals surface area (Å²) in [6.07, 6.45) is 4.53. The quantitative estimate of drug-likeness (QED) is 0.759. The number of ether oxygens (including phenoxy) is 1. The molecule has 26 heavy (non-hydrogen) atoms. The van der Waals surface area contributed by atoms with E-state index in [9.17, 15) is 9.90 Å². The first kappa shape index (κ1) is 19.2. The molecule has 1 N–H and O–H groups in total. The standard InChI is InChI=1S/C21H32N2O3/c1-18(24)16-23-17-21(9-8-20(23)25)10-13-22(14-11-21)12-5-15-26-19-6-3-2-4-7-19/h2-4,6-7,18,24H,5,8-17H2,1H3/t18-/m1/s1. The molecule has 2 aliphatic rings. The van der Waals surface area contributed by atoms with E-state index in [1.54, 1.807) is 6.92 Å². The first-order valence-electron chi connectivity index (χ1n) is 9.92. The maximum Gasteiger partial charge on any atom is 0.222 e. The predicted molar refractivity (Wildman–Crippen MR) is 102 cm³/mol. The van der Waals surface area contributed by atoms with E-state index in [1.807, 2.05) is 35.2 Å². The minimum atomic E-state index is -0.446. The van der Waals surface area contributed by atoms with E-state index in [-0.39, 0.29) is 11.3 Å². The summed E-state index contributed by atoms with van der Waals surface area (Å²) in [7, 11) is 0. The monoisotopic (exact) mass is 360 g/mol. The van der Waals surface area contributed by atoms with Crippen molar-refractivity contribution in [1.29, 1.82) is 0 Å². The third kappa shape index (κ3) is 5.21. The molecule has 0 aromatic heterocycles. The van der Waals surface area contributed by atoms with Gasteiger partial charge in [-0.1, -0.05) is 18.2 Å². The molecule has 5 nitrogen and oxygen atoms in total. The van der Waals surface area contributed by atoms with Gasteiger partial charge in [0.05, 0.1) is 12.7 Å². The third-order valence-corrected chi connectivity index (χ3v) is 5.78. The zero-order valence-corrected chi connectivity index (χ0v) is 15.9. The predicted octanol–water partition coefficient (Wildman–Crippen LogP) is 2.54. The third-order valence-electron chi connectivity index (χ3n) is 5.78. The smallest absolute Gasteiger partial charge is 0.222 e. The van der Waals surface area contributed by atoms with Crippen LogP contribution >= 0.6 is 0 Å². The van der Waals surface area contributed by atoms with Gasteiger partial charge in [0, 0.05) is 26.1 Å². The van der Waals surface area contributed by atoms with Gasteiger partial charge in [0.1, 0.15) is 5.75 Å². The summed E-state index contributed by atoms with van der Waals surface area (Å²) in [6, 6.07) is 9.98. The van der Waals surface area contributed by atoms with E-state index in [2.05, 4.69) is 4.90 Å². The number of benzene rings is 1. The van der Waals surface area contributed by atoms with Crippen LogP contribution in [0.15, 0.2) is 30.3 Å². The summed E-state index contributed by atoms with van der Waals surface area (Å²) >= 11 is 0. The van der Waals surface area contributed by atoms with Crippen molar-refractivity contribution < 1.29 is 14.6 Å². The van der Waals surface area contributed by atoms with E-state index < -0.39 is 6.10 Å². The normalized spacial score (nSPS) is 21.8. The average molecular weight is 360 g/mol. The molecule has 2 heterocycles. The number of hydrogen-bond acceptors (Lipinski definition) is 4. The maximum atomic E-state index is 12.1. The van der Waals surface area contributed by atoms with Gasteiger partial charge in [-0.05, 0) is 63.2 Å². The molecule has 0 saturated carbocycles. The fraction of sp³-hybridized carbons (Fsp3) is 0.667. The number of β-amino-alcohol motifs (C(OH)–C–C–N with tert-alkyl or cyclic N) is 1. The largest absolute Gasteiger partial charge is 0.494 e. The molecule has 2 fully saturated rings. The minimum Gasteiger partial charge on any atom is -0.494 e. The molecule has 1 aromatic rings. The molecule has 0 aliphatic carbocycles. The molecular formula is C21H32N2O3. The van der Waals surface area contributed by atoms with Crippen molar-refractivity contribution in [3.8, 4) is 5.75 Å². The number of amides is 1. The van der Waals surface area contributed by atoms with Crippen LogP contribution in [0.25, 0.3) is 0 Å². The summed E-state index contributed by atoms with van der Waals surface area (Å²) in [4.78, 5) is 16.5. The highest BCUT2D eigenvalue weighted by molar-refractivity contribution is 5.77. The Morgan fingerprint density at radius 2 is 1.92 bits per heavy atom. The lowest BCUT2D eigenvalue weighted by molar-refractivity contribution is -0.140. The summed E-state index contributed by atoms with van der Waals surface area (Å²) < 4.78 is 5.78. The molecule has 0 radical (unpaired) electrons. The zero-order valence-electron chi connectivity index (χ0n) is 15.9. The maximum absolute atomic E-state index is 12.1. The molecule has 2 aliphatic heterocycles. The first-order chi connectivity index (χ1) is 12.6. The van der Waals surface area contributed by atoms with Crippen molar-refractivity contribution >= 4 is 5.91 Å². The minimum absolute atomic E-state index is 0.206. The molecule has 1 amide bonds. The van der Waals surface area contributed by atoms with Crippen LogP contribution in [0.2, 0.25) is 0 Å². The van der Waals surface area contributed by atoms with Crippen molar-refractivity contribution in [2.75, 3.05) is 39.3 Å². The number of rotatable bonds is 7. The van der Waals surface area contributed by atoms with Crippen molar-refractivity contribution in [3.63, 3.8) is 0 Å². The van der Waals surface area contributed by atoms with Crippen molar-refractivity contribution in [2.24, 2.45) is 5.41 Å². The number of carbonyl (C=O) groups is 1. The lowest BCUT2D eigenvalue weighted by Gasteiger charge is -2.47. The van der Waals surface area contributed by atoms with E-state index in [0.29, 0.717) is 13.0 Å². The van der Waals surface area contributed by atoms with Crippen LogP contribution in [0, 0.1) is 5.41 Å². The molecule has 3 rings (SSSR count). The second-order valence-corrected chi connectivity index (χ2v) is 7.98. The van der Waals surface area contributed by atoms with Gasteiger partial charge < -0.3 is 19.6 Å². The van der Waals surface area contributed by atoms with Gasteiger partial charge in [0.15, 0.2) is 0 Å². The lowest BCUT2D eigenvalue weighted by Crippen LogP contribution is -2.52. The van der Waals surface area contributed by atoms with Gasteiger partial charge >= 0.3 is 0 Å². The first-order valence-corrected chi connectivity index (χ1v) is 9.92. The Morgan fingerprint density at radius 3 is 2.62 bits per heavy atom. The topological polar surface area (TPSA) is 53.0 Å². The molecule has 144 valence electrons. The Morgan fingerprint density at radius 1 is 1.19 bits per heavy atom. The SMILES string of the molecule is C[C@@H](O)CN1CC2(CCC1=O)CCN(CCCOc1ccccc1)CC2. The van der Waals surface area contributed by atoms with Crippen LogP contribution in [0.5, 0.6) is 5.75 Å². The molecule has 1 atom stereocenters. The number of piperidine rings is 2. The van der Waals surface area contributed by atoms with Gasteiger partial charge in [0.2, 0.25) is 5.91 Å². The molecular weight excluding hydrogens is 328 g/mol. The fourth-order valence-electron chi connectivity index (χ4n) is 4.24. The van der Waals surface area contributed by atoms with Gasteiger partial charge in [0.25, 0.3) is 0 Å². The Hall–Kier alpha value is -1.59. The highest BCUT2D eigenvalue weighted by Crippen LogP contribution is 2.40. The van der Waals surface area contributed by atoms with Gasteiger partial charge in [-0.15, -0.1) is 0 Å². The van der Waals surface area contributed by atoms with Crippen LogP contribution in [-0.4, -0.2) is 66.2 Å². The van der Waals surface area contributed by atoms with Crippen molar-refractivity contribution in [2.45, 2.75) is 45.1 Å². The Bertz CT molecular complexity index is 568. The lowest BCUT2D eigenvalue weighted by atomic mass is 9.72. The van der Waals surface area contributed by atoms with Gasteiger partial charge in [-0.3, -0.25) is 4.79 Å². The number of aliphatic hydroxyl groups is 1. The number of carbonyl (C=O) groups excluding carboxylic acids is 1. The van der Waals surface area contributed by atoms with Crippen LogP contribution in [-0.2, 0) is 4.79 Å². The molecule has 1 spiro atoms. The summed E-state index contributed by atoms with van der Waals surface area (Å²) in [5, 5.41) is 9.64. The number of aliphatic hydroxyl groups excluding tert-OH is 1. The molecule has 1 aromatic carbocycles. The van der Waals surface area contributed by atoms with E-state index in [0.717, 1.165) is 64.2 Å². The van der Waals surface area contributed by atoms with Crippen LogP contribution in [0.1, 0.15) is 39.0 Å². The number of hydrogen-bond donors (Lipinski definition) is 1. The van der Waals surface area contributed by atoms with Gasteiger partial charge in [-0.2, -0.15) is 0 Å². The van der Waals surface area contributed by atoms with Crippen molar-refractivity contribution in [1.82, 2.24) is 9.80 Å². The van der Waals surface area contributed by atoms with E-state index >= 15 is 0 Å². The highest BCUT2D eigenvalue weighted by Gasteiger charge is 2.40. The Labute approximate surface area is 156 Å². The average Bonchev–Trinajstić information content (AvgIpc) is 2.64. The Kier molecular flexibility index (Phi) is 6.54. The van der Waals surface area contributed by atoms with Crippen molar-refractivity contribution in [3.05, 3.63) is 30.3 Å². The van der Waals surface area contributed by atoms with Crippen LogP contribution in [0.3, 0.4) is 0 Å².